The number of aliphatic hydroxyl groups is 1. The fraction of sp³-hybridized carbons (Fsp3) is 0.500. The molecule has 0 aromatic heterocycles. The Bertz CT molecular complexity index is 279. The Morgan fingerprint density at radius 2 is 1.76 bits per heavy atom. The van der Waals surface area contributed by atoms with Crippen LogP contribution in [0.2, 0.25) is 0 Å². The number of hydrogen-bond donors (Lipinski definition) is 1. The van der Waals surface area contributed by atoms with Crippen LogP contribution in [0.4, 0.5) is 0 Å². The second-order valence-electron chi connectivity index (χ2n) is 3.16. The van der Waals surface area contributed by atoms with Gasteiger partial charge in [-0.3, -0.25) is 0 Å². The lowest BCUT2D eigenvalue weighted by atomic mass is 10.4. The molecule has 0 aliphatic rings. The van der Waals surface area contributed by atoms with Crippen molar-refractivity contribution in [2.75, 3.05) is 13.7 Å². The summed E-state index contributed by atoms with van der Waals surface area (Å²) in [5.41, 5.74) is 0.194. The number of esters is 2. The van der Waals surface area contributed by atoms with Gasteiger partial charge in [-0.05, 0) is 19.9 Å². The minimum absolute atomic E-state index is 0.194. The molecule has 0 bridgehead atoms. The predicted octanol–water partition coefficient (Wildman–Crippen LogP) is 1.57. The van der Waals surface area contributed by atoms with Crippen molar-refractivity contribution in [2.45, 2.75) is 26.7 Å². The largest absolute Gasteiger partial charge is 0.463 e. The molecule has 0 heterocycles. The summed E-state index contributed by atoms with van der Waals surface area (Å²) in [7, 11) is 1.17. The highest BCUT2D eigenvalue weighted by Crippen LogP contribution is 2.01. The molecule has 1 N–H and O–H groups in total. The molecule has 17 heavy (non-hydrogen) atoms. The van der Waals surface area contributed by atoms with Crippen LogP contribution in [-0.2, 0) is 19.1 Å². The van der Waals surface area contributed by atoms with Crippen LogP contribution in [-0.4, -0.2) is 30.8 Å². The van der Waals surface area contributed by atoms with Crippen LogP contribution in [0.1, 0.15) is 26.7 Å². The number of hydrogen-bond acceptors (Lipinski definition) is 5. The number of rotatable bonds is 5. The van der Waals surface area contributed by atoms with Gasteiger partial charge >= 0.3 is 11.9 Å². The van der Waals surface area contributed by atoms with E-state index in [2.05, 4.69) is 29.6 Å². The van der Waals surface area contributed by atoms with E-state index in [-0.39, 0.29) is 11.3 Å². The van der Waals surface area contributed by atoms with Gasteiger partial charge in [-0.25, -0.2) is 9.59 Å². The topological polar surface area (TPSA) is 72.8 Å². The number of unbranched alkanes of at least 4 members (excludes halogenated alkanes) is 1. The molecule has 0 rings (SSSR count). The van der Waals surface area contributed by atoms with Gasteiger partial charge in [0.2, 0.25) is 5.76 Å². The van der Waals surface area contributed by atoms with Crippen LogP contribution < -0.4 is 0 Å². The molecule has 0 radical (unpaired) electrons. The van der Waals surface area contributed by atoms with Crippen molar-refractivity contribution in [1.82, 2.24) is 0 Å². The first-order valence-electron chi connectivity index (χ1n) is 5.16. The molecule has 0 aliphatic heterocycles. The number of aliphatic hydroxyl groups excluding tert-OH is 1. The Hall–Kier alpha value is -1.62. The molecule has 5 nitrogen and oxygen atoms in total. The van der Waals surface area contributed by atoms with E-state index < -0.39 is 11.9 Å². The number of ether oxygens (including phenoxy) is 2. The Labute approximate surface area is 102 Å². The molecule has 0 saturated heterocycles. The fourth-order valence-electron chi connectivity index (χ4n) is 0.513. The normalized spacial score (nSPS) is 8.47. The lowest BCUT2D eigenvalue weighted by Gasteiger charge is -2.03. The maximum Gasteiger partial charge on any atom is 0.373 e. The summed E-state index contributed by atoms with van der Waals surface area (Å²) in [6.45, 7) is 10.4. The molecular weight excluding hydrogens is 224 g/mol. The average molecular weight is 244 g/mol. The second kappa shape index (κ2) is 10.9. The van der Waals surface area contributed by atoms with Crippen LogP contribution in [0.3, 0.4) is 0 Å². The summed E-state index contributed by atoms with van der Waals surface area (Å²) < 4.78 is 8.70. The van der Waals surface area contributed by atoms with Crippen molar-refractivity contribution in [2.24, 2.45) is 0 Å². The van der Waals surface area contributed by atoms with Crippen LogP contribution in [0.15, 0.2) is 24.5 Å². The van der Waals surface area contributed by atoms with Crippen LogP contribution in [0.5, 0.6) is 0 Å². The second-order valence-corrected chi connectivity index (χ2v) is 3.16. The molecule has 0 atom stereocenters. The van der Waals surface area contributed by atoms with E-state index in [0.717, 1.165) is 12.8 Å². The van der Waals surface area contributed by atoms with Gasteiger partial charge in [0.05, 0.1) is 7.11 Å². The van der Waals surface area contributed by atoms with E-state index in [9.17, 15) is 9.59 Å². The molecular formula is C12H20O5. The van der Waals surface area contributed by atoms with Crippen molar-refractivity contribution in [1.29, 1.82) is 0 Å². The van der Waals surface area contributed by atoms with Crippen molar-refractivity contribution >= 4 is 11.9 Å². The fourth-order valence-corrected chi connectivity index (χ4v) is 0.513. The molecule has 0 aromatic rings. The van der Waals surface area contributed by atoms with Crippen molar-refractivity contribution in [3.05, 3.63) is 24.5 Å². The van der Waals surface area contributed by atoms with Gasteiger partial charge in [0.25, 0.3) is 0 Å². The van der Waals surface area contributed by atoms with E-state index in [4.69, 9.17) is 5.11 Å². The Morgan fingerprint density at radius 3 is 2.00 bits per heavy atom. The maximum atomic E-state index is 10.8. The van der Waals surface area contributed by atoms with Gasteiger partial charge in [-0.1, -0.05) is 19.9 Å². The predicted molar refractivity (Wildman–Crippen MR) is 64.1 cm³/mol. The molecule has 98 valence electrons. The third-order valence-electron chi connectivity index (χ3n) is 1.49. The third-order valence-corrected chi connectivity index (χ3v) is 1.49. The molecule has 0 aliphatic carbocycles. The lowest BCUT2D eigenvalue weighted by Crippen LogP contribution is -2.12. The average Bonchev–Trinajstić information content (AvgIpc) is 2.29. The number of methoxy groups -OCH3 is 1. The van der Waals surface area contributed by atoms with E-state index in [1.165, 1.54) is 14.0 Å². The Balaban J connectivity index is 0. The standard InChI is InChI=1S/C8H10O4.C4H10O/c1-5(2)7(9)12-6(3)8(10)11-4;1-2-3-4-5/h1,3H2,2,4H3;5H,2-4H2,1H3. The molecule has 0 spiro atoms. The minimum Gasteiger partial charge on any atom is -0.463 e. The van der Waals surface area contributed by atoms with Crippen LogP contribution in [0, 0.1) is 0 Å². The van der Waals surface area contributed by atoms with Gasteiger partial charge in [-0.2, -0.15) is 0 Å². The molecule has 0 aromatic carbocycles. The van der Waals surface area contributed by atoms with Crippen LogP contribution in [0.25, 0.3) is 0 Å². The van der Waals surface area contributed by atoms with Gasteiger partial charge in [0.1, 0.15) is 0 Å². The summed E-state index contributed by atoms with van der Waals surface area (Å²) in [6.07, 6.45) is 2.04. The number of carbonyl (C=O) groups excluding carboxylic acids is 2. The molecule has 0 fully saturated rings. The summed E-state index contributed by atoms with van der Waals surface area (Å²) in [5.74, 6) is -1.81. The Kier molecular flexibility index (Phi) is 11.4. The highest BCUT2D eigenvalue weighted by Gasteiger charge is 2.12. The SMILES string of the molecule is C=C(C)C(=O)OC(=C)C(=O)OC.CCCCO. The van der Waals surface area contributed by atoms with Crippen molar-refractivity contribution in [3.8, 4) is 0 Å². The highest BCUT2D eigenvalue weighted by molar-refractivity contribution is 5.93. The third kappa shape index (κ3) is 10.7. The molecule has 0 amide bonds. The van der Waals surface area contributed by atoms with Crippen molar-refractivity contribution in [3.63, 3.8) is 0 Å². The molecule has 0 unspecified atom stereocenters. The zero-order chi connectivity index (χ0) is 13.8. The van der Waals surface area contributed by atoms with Gasteiger partial charge in [-0.15, -0.1) is 0 Å². The molecule has 5 heteroatoms. The Morgan fingerprint density at radius 1 is 1.24 bits per heavy atom. The zero-order valence-electron chi connectivity index (χ0n) is 10.6. The van der Waals surface area contributed by atoms with E-state index in [1.807, 2.05) is 0 Å². The first-order valence-corrected chi connectivity index (χ1v) is 5.16. The van der Waals surface area contributed by atoms with Gasteiger partial charge in [0.15, 0.2) is 0 Å². The van der Waals surface area contributed by atoms with Crippen molar-refractivity contribution < 1.29 is 24.2 Å². The minimum atomic E-state index is -0.774. The zero-order valence-corrected chi connectivity index (χ0v) is 10.6. The van der Waals surface area contributed by atoms with Crippen LogP contribution >= 0.6 is 0 Å². The van der Waals surface area contributed by atoms with E-state index in [1.54, 1.807) is 0 Å². The summed E-state index contributed by atoms with van der Waals surface area (Å²) in [4.78, 5) is 21.4. The monoisotopic (exact) mass is 244 g/mol. The van der Waals surface area contributed by atoms with E-state index >= 15 is 0 Å². The maximum absolute atomic E-state index is 10.8. The lowest BCUT2D eigenvalue weighted by molar-refractivity contribution is -0.147. The first kappa shape index (κ1) is 17.8. The van der Waals surface area contributed by atoms with Gasteiger partial charge in [0, 0.05) is 12.2 Å². The number of carbonyl (C=O) groups is 2. The van der Waals surface area contributed by atoms with Gasteiger partial charge < -0.3 is 14.6 Å². The van der Waals surface area contributed by atoms with E-state index in [0.29, 0.717) is 6.61 Å². The summed E-state index contributed by atoms with van der Waals surface area (Å²) >= 11 is 0. The highest BCUT2D eigenvalue weighted by atomic mass is 16.6. The summed E-state index contributed by atoms with van der Waals surface area (Å²) in [5, 5.41) is 8.07. The first-order chi connectivity index (χ1) is 7.90. The quantitative estimate of drug-likeness (QED) is 0.451. The smallest absolute Gasteiger partial charge is 0.373 e. The molecule has 0 saturated carbocycles. The summed E-state index contributed by atoms with van der Waals surface area (Å²) in [6, 6.07) is 0.